The quantitative estimate of drug-likeness (QED) is 0.495. The fraction of sp³-hybridized carbons (Fsp3) is 0.583. The Morgan fingerprint density at radius 2 is 1.90 bits per heavy atom. The second kappa shape index (κ2) is 5.03. The molecule has 2 heterocycles. The number of nitrogens with zero attached hydrogens (tertiary/aromatic N) is 3. The number of likely N-dealkylation sites (N-methyl/N-ethyl adjacent to an activating group) is 1. The van der Waals surface area contributed by atoms with Gasteiger partial charge in [0.15, 0.2) is 11.8 Å². The molecule has 0 radical (unpaired) electrons. The van der Waals surface area contributed by atoms with Crippen LogP contribution in [0.2, 0.25) is 0 Å². The predicted octanol–water partition coefficient (Wildman–Crippen LogP) is -0.859. The van der Waals surface area contributed by atoms with E-state index in [9.17, 15) is 19.2 Å². The van der Waals surface area contributed by atoms with Gasteiger partial charge in [0.05, 0.1) is 6.61 Å². The van der Waals surface area contributed by atoms with Crippen LogP contribution in [-0.2, 0) is 23.9 Å². The average Bonchev–Trinajstić information content (AvgIpc) is 2.89. The topological polar surface area (TPSA) is 96.3 Å². The molecule has 2 atom stereocenters. The van der Waals surface area contributed by atoms with Gasteiger partial charge in [-0.05, 0) is 13.8 Å². The highest BCUT2D eigenvalue weighted by Gasteiger charge is 2.58. The highest BCUT2D eigenvalue weighted by atomic mass is 16.5. The van der Waals surface area contributed by atoms with Crippen molar-refractivity contribution in [2.24, 2.45) is 11.0 Å². The van der Waals surface area contributed by atoms with E-state index in [2.05, 4.69) is 5.10 Å². The third kappa shape index (κ3) is 1.87. The zero-order valence-electron chi connectivity index (χ0n) is 11.5. The van der Waals surface area contributed by atoms with E-state index in [0.29, 0.717) is 0 Å². The van der Waals surface area contributed by atoms with Gasteiger partial charge < -0.3 is 4.74 Å². The van der Waals surface area contributed by atoms with Crippen molar-refractivity contribution in [3.05, 3.63) is 0 Å². The zero-order chi connectivity index (χ0) is 15.0. The smallest absolute Gasteiger partial charge is 0.355 e. The maximum absolute atomic E-state index is 12.2. The molecule has 0 N–H and O–H groups in total. The number of amides is 3. The predicted molar refractivity (Wildman–Crippen MR) is 66.3 cm³/mol. The van der Waals surface area contributed by atoms with Gasteiger partial charge in [0, 0.05) is 13.5 Å². The van der Waals surface area contributed by atoms with Crippen molar-refractivity contribution < 1.29 is 23.9 Å². The second-order valence-corrected chi connectivity index (χ2v) is 4.41. The minimum absolute atomic E-state index is 0.120. The van der Waals surface area contributed by atoms with Crippen LogP contribution in [0.5, 0.6) is 0 Å². The number of hydrazone groups is 1. The summed E-state index contributed by atoms with van der Waals surface area (Å²) in [5.41, 5.74) is -0.179. The molecule has 2 aliphatic heterocycles. The number of ether oxygens (including phenoxy) is 1. The first kappa shape index (κ1) is 14.2. The normalized spacial score (nSPS) is 24.9. The second-order valence-electron chi connectivity index (χ2n) is 4.41. The van der Waals surface area contributed by atoms with Crippen molar-refractivity contribution in [2.45, 2.75) is 26.8 Å². The average molecular weight is 281 g/mol. The summed E-state index contributed by atoms with van der Waals surface area (Å²) >= 11 is 0. The molecule has 8 nitrogen and oxygen atoms in total. The van der Waals surface area contributed by atoms with Gasteiger partial charge in [-0.1, -0.05) is 0 Å². The molecule has 0 bridgehead atoms. The fourth-order valence-electron chi connectivity index (χ4n) is 2.42. The number of carbonyl (C=O) groups is 4. The number of hydrogen-bond donors (Lipinski definition) is 0. The number of rotatable bonds is 3. The molecule has 0 aromatic rings. The van der Waals surface area contributed by atoms with Crippen LogP contribution < -0.4 is 0 Å². The molecular formula is C12H15N3O5. The molecule has 3 amide bonds. The Labute approximate surface area is 115 Å². The monoisotopic (exact) mass is 281 g/mol. The molecule has 108 valence electrons. The van der Waals surface area contributed by atoms with E-state index in [1.807, 2.05) is 0 Å². The third-order valence-electron chi connectivity index (χ3n) is 3.26. The minimum atomic E-state index is -1.06. The van der Waals surface area contributed by atoms with E-state index in [4.69, 9.17) is 4.74 Å². The molecule has 1 fully saturated rings. The highest BCUT2D eigenvalue weighted by Crippen LogP contribution is 2.32. The van der Waals surface area contributed by atoms with Crippen LogP contribution in [0.1, 0.15) is 20.8 Å². The van der Waals surface area contributed by atoms with Crippen molar-refractivity contribution in [1.29, 1.82) is 0 Å². The van der Waals surface area contributed by atoms with E-state index in [0.717, 1.165) is 9.91 Å². The van der Waals surface area contributed by atoms with Gasteiger partial charge in [-0.2, -0.15) is 5.10 Å². The SMILES string of the molecule is CCOC(=O)C1=NN(C(C)=O)[C@H]2C(=O)N(CC)C(=O)[C@@H]12. The van der Waals surface area contributed by atoms with Crippen LogP contribution in [-0.4, -0.2) is 58.5 Å². The van der Waals surface area contributed by atoms with Gasteiger partial charge in [-0.15, -0.1) is 0 Å². The van der Waals surface area contributed by atoms with Crippen LogP contribution >= 0.6 is 0 Å². The van der Waals surface area contributed by atoms with Gasteiger partial charge in [0.25, 0.3) is 5.91 Å². The largest absolute Gasteiger partial charge is 0.461 e. The Bertz CT molecular complexity index is 527. The Balaban J connectivity index is 2.42. The van der Waals surface area contributed by atoms with Crippen LogP contribution in [0.3, 0.4) is 0 Å². The van der Waals surface area contributed by atoms with Crippen LogP contribution in [0.25, 0.3) is 0 Å². The Kier molecular flexibility index (Phi) is 3.56. The van der Waals surface area contributed by atoms with Gasteiger partial charge in [-0.25, -0.2) is 9.80 Å². The number of imide groups is 1. The van der Waals surface area contributed by atoms with E-state index in [1.54, 1.807) is 13.8 Å². The third-order valence-corrected chi connectivity index (χ3v) is 3.26. The molecule has 2 aliphatic rings. The summed E-state index contributed by atoms with van der Waals surface area (Å²) < 4.78 is 4.82. The van der Waals surface area contributed by atoms with Gasteiger partial charge in [0.2, 0.25) is 11.8 Å². The Morgan fingerprint density at radius 1 is 1.25 bits per heavy atom. The maximum atomic E-state index is 12.2. The number of likely N-dealkylation sites (tertiary alicyclic amines) is 1. The summed E-state index contributed by atoms with van der Waals surface area (Å²) in [7, 11) is 0. The van der Waals surface area contributed by atoms with Crippen LogP contribution in [0.4, 0.5) is 0 Å². The summed E-state index contributed by atoms with van der Waals surface area (Å²) in [6, 6.07) is -1.06. The zero-order valence-corrected chi connectivity index (χ0v) is 11.5. The first-order valence-corrected chi connectivity index (χ1v) is 6.34. The molecule has 0 unspecified atom stereocenters. The lowest BCUT2D eigenvalue weighted by molar-refractivity contribution is -0.143. The lowest BCUT2D eigenvalue weighted by Crippen LogP contribution is -2.41. The van der Waals surface area contributed by atoms with Crippen LogP contribution in [0, 0.1) is 5.92 Å². The fourth-order valence-corrected chi connectivity index (χ4v) is 2.42. The Hall–Kier alpha value is -2.25. The molecule has 0 spiro atoms. The Morgan fingerprint density at radius 3 is 2.40 bits per heavy atom. The van der Waals surface area contributed by atoms with Gasteiger partial charge in [-0.3, -0.25) is 19.3 Å². The number of fused-ring (bicyclic) bond motifs is 1. The number of hydrogen-bond acceptors (Lipinski definition) is 6. The number of carbonyl (C=O) groups excluding carboxylic acids is 4. The lowest BCUT2D eigenvalue weighted by atomic mass is 9.98. The van der Waals surface area contributed by atoms with E-state index in [-0.39, 0.29) is 18.9 Å². The van der Waals surface area contributed by atoms with Crippen LogP contribution in [0.15, 0.2) is 5.10 Å². The molecule has 2 rings (SSSR count). The van der Waals surface area contributed by atoms with Gasteiger partial charge >= 0.3 is 5.97 Å². The molecule has 0 aliphatic carbocycles. The highest BCUT2D eigenvalue weighted by molar-refractivity contribution is 6.44. The molecule has 8 heteroatoms. The van der Waals surface area contributed by atoms with E-state index in [1.165, 1.54) is 6.92 Å². The summed E-state index contributed by atoms with van der Waals surface area (Å²) in [6.07, 6.45) is 0. The molecule has 0 saturated carbocycles. The summed E-state index contributed by atoms with van der Waals surface area (Å²) in [6.45, 7) is 4.80. The summed E-state index contributed by atoms with van der Waals surface area (Å²) in [4.78, 5) is 48.8. The van der Waals surface area contributed by atoms with E-state index >= 15 is 0 Å². The summed E-state index contributed by atoms with van der Waals surface area (Å²) in [5.74, 6) is -3.35. The standard InChI is InChI=1S/C12H15N3O5/c1-4-14-10(17)7-8(12(19)20-5-2)13-15(6(3)16)9(7)11(14)18/h7,9H,4-5H2,1-3H3/t7-,9+/m0/s1. The molecule has 0 aromatic carbocycles. The van der Waals surface area contributed by atoms with Crippen molar-refractivity contribution in [2.75, 3.05) is 13.2 Å². The lowest BCUT2D eigenvalue weighted by Gasteiger charge is -2.17. The molecular weight excluding hydrogens is 266 g/mol. The molecule has 20 heavy (non-hydrogen) atoms. The van der Waals surface area contributed by atoms with Crippen molar-refractivity contribution in [1.82, 2.24) is 9.91 Å². The van der Waals surface area contributed by atoms with E-state index < -0.39 is 35.7 Å². The number of esters is 1. The summed E-state index contributed by atoms with van der Waals surface area (Å²) in [5, 5.41) is 4.71. The molecule has 0 aromatic heterocycles. The first-order chi connectivity index (χ1) is 9.43. The molecule has 1 saturated heterocycles. The maximum Gasteiger partial charge on any atom is 0.355 e. The van der Waals surface area contributed by atoms with Crippen molar-refractivity contribution in [3.63, 3.8) is 0 Å². The first-order valence-electron chi connectivity index (χ1n) is 6.34. The van der Waals surface area contributed by atoms with Crippen molar-refractivity contribution >= 4 is 29.4 Å². The van der Waals surface area contributed by atoms with Gasteiger partial charge in [0.1, 0.15) is 5.92 Å². The van der Waals surface area contributed by atoms with Crippen molar-refractivity contribution in [3.8, 4) is 0 Å². The minimum Gasteiger partial charge on any atom is -0.461 e.